The number of pyridine rings is 1. The van der Waals surface area contributed by atoms with E-state index in [1.165, 1.54) is 16.2 Å². The molecule has 0 aliphatic rings. The predicted molar refractivity (Wildman–Crippen MR) is 87.0 cm³/mol. The van der Waals surface area contributed by atoms with Gasteiger partial charge in [0.25, 0.3) is 5.91 Å². The summed E-state index contributed by atoms with van der Waals surface area (Å²) in [6.07, 6.45) is 1.70. The molecule has 2 aromatic heterocycles. The van der Waals surface area contributed by atoms with Gasteiger partial charge in [-0.25, -0.2) is 4.98 Å². The van der Waals surface area contributed by atoms with E-state index in [0.29, 0.717) is 18.0 Å². The molecule has 0 aliphatic carbocycles. The van der Waals surface area contributed by atoms with E-state index in [-0.39, 0.29) is 18.4 Å². The van der Waals surface area contributed by atoms with Crippen LogP contribution in [0.5, 0.6) is 0 Å². The molecular formula is C15H18N4O2S. The molecule has 0 spiro atoms. The Morgan fingerprint density at radius 1 is 1.23 bits per heavy atom. The van der Waals surface area contributed by atoms with Gasteiger partial charge < -0.3 is 15.5 Å². The van der Waals surface area contributed by atoms with Crippen molar-refractivity contribution in [1.82, 2.24) is 15.2 Å². The van der Waals surface area contributed by atoms with E-state index in [9.17, 15) is 9.59 Å². The summed E-state index contributed by atoms with van der Waals surface area (Å²) in [7, 11) is 1.62. The Bertz CT molecular complexity index is 601. The van der Waals surface area contributed by atoms with Crippen LogP contribution in [0.3, 0.4) is 0 Å². The first kappa shape index (κ1) is 16.0. The van der Waals surface area contributed by atoms with E-state index in [1.807, 2.05) is 29.6 Å². The summed E-state index contributed by atoms with van der Waals surface area (Å²) in [6, 6.07) is 9.15. The standard InChI is InChI=1S/C15H18N4O2S/c1-19(15(21)12-5-4-10-22-12)11-14(20)18-9-8-17-13-6-2-3-7-16-13/h2-7,10H,8-9,11H2,1H3,(H,16,17)(H,18,20). The summed E-state index contributed by atoms with van der Waals surface area (Å²) >= 11 is 1.37. The van der Waals surface area contributed by atoms with Gasteiger partial charge in [0.05, 0.1) is 11.4 Å². The lowest BCUT2D eigenvalue weighted by atomic mass is 10.4. The fourth-order valence-electron chi connectivity index (χ4n) is 1.79. The zero-order chi connectivity index (χ0) is 15.8. The van der Waals surface area contributed by atoms with Gasteiger partial charge in [0.15, 0.2) is 0 Å². The lowest BCUT2D eigenvalue weighted by Gasteiger charge is -2.16. The van der Waals surface area contributed by atoms with E-state index in [0.717, 1.165) is 5.82 Å². The summed E-state index contributed by atoms with van der Waals surface area (Å²) < 4.78 is 0. The summed E-state index contributed by atoms with van der Waals surface area (Å²) in [5, 5.41) is 7.70. The van der Waals surface area contributed by atoms with Crippen LogP contribution in [0.1, 0.15) is 9.67 Å². The maximum absolute atomic E-state index is 12.0. The Morgan fingerprint density at radius 3 is 2.77 bits per heavy atom. The van der Waals surface area contributed by atoms with Crippen molar-refractivity contribution in [2.75, 3.05) is 32.0 Å². The molecule has 2 N–H and O–H groups in total. The molecule has 7 heteroatoms. The number of hydrogen-bond acceptors (Lipinski definition) is 5. The van der Waals surface area contributed by atoms with Crippen LogP contribution in [0.15, 0.2) is 41.9 Å². The molecule has 0 unspecified atom stereocenters. The molecule has 2 amide bonds. The first-order valence-corrected chi connectivity index (χ1v) is 7.75. The van der Waals surface area contributed by atoms with E-state index >= 15 is 0 Å². The number of aromatic nitrogens is 1. The summed E-state index contributed by atoms with van der Waals surface area (Å²) in [5.41, 5.74) is 0. The molecule has 2 aromatic rings. The number of likely N-dealkylation sites (N-methyl/N-ethyl adjacent to an activating group) is 1. The van der Waals surface area contributed by atoms with Crippen molar-refractivity contribution < 1.29 is 9.59 Å². The van der Waals surface area contributed by atoms with Gasteiger partial charge in [-0.05, 0) is 23.6 Å². The molecule has 0 saturated heterocycles. The molecule has 2 rings (SSSR count). The molecule has 116 valence electrons. The van der Waals surface area contributed by atoms with Crippen LogP contribution in [0.2, 0.25) is 0 Å². The Balaban J connectivity index is 1.66. The van der Waals surface area contributed by atoms with Crippen LogP contribution in [0.4, 0.5) is 5.82 Å². The van der Waals surface area contributed by atoms with E-state index < -0.39 is 0 Å². The van der Waals surface area contributed by atoms with Crippen LogP contribution >= 0.6 is 11.3 Å². The third kappa shape index (κ3) is 4.85. The second-order valence-electron chi connectivity index (χ2n) is 4.63. The van der Waals surface area contributed by atoms with Crippen LogP contribution < -0.4 is 10.6 Å². The molecular weight excluding hydrogens is 300 g/mol. The molecule has 0 fully saturated rings. The van der Waals surface area contributed by atoms with E-state index in [2.05, 4.69) is 15.6 Å². The number of carbonyl (C=O) groups is 2. The number of anilines is 1. The van der Waals surface area contributed by atoms with Gasteiger partial charge in [-0.3, -0.25) is 9.59 Å². The highest BCUT2D eigenvalue weighted by Gasteiger charge is 2.15. The molecule has 0 aromatic carbocycles. The number of thiophene rings is 1. The van der Waals surface area contributed by atoms with Crippen molar-refractivity contribution in [3.05, 3.63) is 46.8 Å². The van der Waals surface area contributed by atoms with Gasteiger partial charge in [-0.15, -0.1) is 11.3 Å². The Hall–Kier alpha value is -2.41. The van der Waals surface area contributed by atoms with Crippen molar-refractivity contribution in [3.8, 4) is 0 Å². The van der Waals surface area contributed by atoms with Crippen molar-refractivity contribution in [1.29, 1.82) is 0 Å². The molecule has 22 heavy (non-hydrogen) atoms. The average molecular weight is 318 g/mol. The van der Waals surface area contributed by atoms with Gasteiger partial charge in [-0.1, -0.05) is 12.1 Å². The highest BCUT2D eigenvalue weighted by atomic mass is 32.1. The van der Waals surface area contributed by atoms with Crippen molar-refractivity contribution in [2.24, 2.45) is 0 Å². The Labute approximate surface area is 133 Å². The molecule has 0 atom stereocenters. The fourth-order valence-corrected chi connectivity index (χ4v) is 2.51. The second kappa shape index (κ2) is 8.14. The summed E-state index contributed by atoms with van der Waals surface area (Å²) in [4.78, 5) is 29.9. The first-order chi connectivity index (χ1) is 10.7. The molecule has 0 bridgehead atoms. The number of hydrogen-bond donors (Lipinski definition) is 2. The topological polar surface area (TPSA) is 74.3 Å². The predicted octanol–water partition coefficient (Wildman–Crippen LogP) is 1.44. The maximum atomic E-state index is 12.0. The molecule has 6 nitrogen and oxygen atoms in total. The lowest BCUT2D eigenvalue weighted by molar-refractivity contribution is -0.121. The van der Waals surface area contributed by atoms with Gasteiger partial charge in [0.1, 0.15) is 5.82 Å². The smallest absolute Gasteiger partial charge is 0.264 e. The monoisotopic (exact) mass is 318 g/mol. The minimum absolute atomic E-state index is 0.0420. The largest absolute Gasteiger partial charge is 0.368 e. The first-order valence-electron chi connectivity index (χ1n) is 6.87. The molecule has 0 radical (unpaired) electrons. The molecule has 0 aliphatic heterocycles. The number of nitrogens with one attached hydrogen (secondary N) is 2. The van der Waals surface area contributed by atoms with Crippen molar-refractivity contribution >= 4 is 29.0 Å². The maximum Gasteiger partial charge on any atom is 0.264 e. The zero-order valence-electron chi connectivity index (χ0n) is 12.3. The molecule has 2 heterocycles. The van der Waals surface area contributed by atoms with Gasteiger partial charge in [-0.2, -0.15) is 0 Å². The average Bonchev–Trinajstić information content (AvgIpc) is 3.06. The minimum atomic E-state index is -0.185. The third-order valence-electron chi connectivity index (χ3n) is 2.88. The van der Waals surface area contributed by atoms with Crippen molar-refractivity contribution in [3.63, 3.8) is 0 Å². The zero-order valence-corrected chi connectivity index (χ0v) is 13.1. The lowest BCUT2D eigenvalue weighted by Crippen LogP contribution is -2.39. The molecule has 0 saturated carbocycles. The number of nitrogens with zero attached hydrogens (tertiary/aromatic N) is 2. The van der Waals surface area contributed by atoms with Gasteiger partial charge >= 0.3 is 0 Å². The van der Waals surface area contributed by atoms with Crippen LogP contribution in [-0.2, 0) is 4.79 Å². The number of rotatable bonds is 7. The fraction of sp³-hybridized carbons (Fsp3) is 0.267. The van der Waals surface area contributed by atoms with Crippen LogP contribution in [-0.4, -0.2) is 48.4 Å². The second-order valence-corrected chi connectivity index (χ2v) is 5.58. The Kier molecular flexibility index (Phi) is 5.91. The quantitative estimate of drug-likeness (QED) is 0.758. The summed E-state index contributed by atoms with van der Waals surface area (Å²) in [5.74, 6) is 0.439. The van der Waals surface area contributed by atoms with Gasteiger partial charge in [0, 0.05) is 26.3 Å². The number of amides is 2. The van der Waals surface area contributed by atoms with Crippen LogP contribution in [0, 0.1) is 0 Å². The van der Waals surface area contributed by atoms with Gasteiger partial charge in [0.2, 0.25) is 5.91 Å². The minimum Gasteiger partial charge on any atom is -0.368 e. The van der Waals surface area contributed by atoms with Crippen molar-refractivity contribution in [2.45, 2.75) is 0 Å². The van der Waals surface area contributed by atoms with Crippen LogP contribution in [0.25, 0.3) is 0 Å². The van der Waals surface area contributed by atoms with E-state index in [1.54, 1.807) is 19.3 Å². The SMILES string of the molecule is CN(CC(=O)NCCNc1ccccn1)C(=O)c1cccs1. The van der Waals surface area contributed by atoms with E-state index in [4.69, 9.17) is 0 Å². The summed E-state index contributed by atoms with van der Waals surface area (Å²) in [6.45, 7) is 1.09. The third-order valence-corrected chi connectivity index (χ3v) is 3.74. The number of carbonyl (C=O) groups excluding carboxylic acids is 2. The normalized spacial score (nSPS) is 10.0. The highest BCUT2D eigenvalue weighted by Crippen LogP contribution is 2.10. The highest BCUT2D eigenvalue weighted by molar-refractivity contribution is 7.12. The Morgan fingerprint density at radius 2 is 2.09 bits per heavy atom.